The first-order chi connectivity index (χ1) is 11.1. The van der Waals surface area contributed by atoms with Crippen LogP contribution < -0.4 is 14.8 Å². The van der Waals surface area contributed by atoms with Crippen LogP contribution in [0.25, 0.3) is 0 Å². The van der Waals surface area contributed by atoms with Crippen LogP contribution in [0, 0.1) is 0 Å². The standard InChI is InChI=1S/C17H25ClN2O3/c1-17(2,20-3-5-21-6-4-20)12-19-11-13-9-14(18)16-15(10-13)22-7-8-23-16/h9-10,19H,3-8,11-12H2,1-2H3. The van der Waals surface area contributed by atoms with E-state index in [0.717, 1.165) is 50.7 Å². The molecule has 0 saturated carbocycles. The molecule has 0 bridgehead atoms. The van der Waals surface area contributed by atoms with E-state index < -0.39 is 0 Å². The number of nitrogens with one attached hydrogen (secondary N) is 1. The number of hydrogen-bond acceptors (Lipinski definition) is 5. The normalized spacial score (nSPS) is 18.9. The van der Waals surface area contributed by atoms with Crippen molar-refractivity contribution in [2.75, 3.05) is 46.1 Å². The lowest BCUT2D eigenvalue weighted by Crippen LogP contribution is -2.54. The van der Waals surface area contributed by atoms with Gasteiger partial charge in [-0.2, -0.15) is 0 Å². The van der Waals surface area contributed by atoms with E-state index in [4.69, 9.17) is 25.8 Å². The summed E-state index contributed by atoms with van der Waals surface area (Å²) in [5, 5.41) is 4.15. The predicted molar refractivity (Wildman–Crippen MR) is 90.6 cm³/mol. The molecule has 128 valence electrons. The lowest BCUT2D eigenvalue weighted by Gasteiger charge is -2.41. The summed E-state index contributed by atoms with van der Waals surface area (Å²) >= 11 is 6.28. The first kappa shape index (κ1) is 16.8. The number of ether oxygens (including phenoxy) is 3. The summed E-state index contributed by atoms with van der Waals surface area (Å²) in [7, 11) is 0. The van der Waals surface area contributed by atoms with E-state index in [9.17, 15) is 0 Å². The van der Waals surface area contributed by atoms with E-state index >= 15 is 0 Å². The van der Waals surface area contributed by atoms with Crippen LogP contribution in [-0.4, -0.2) is 56.5 Å². The van der Waals surface area contributed by atoms with Crippen molar-refractivity contribution in [2.24, 2.45) is 0 Å². The fourth-order valence-corrected chi connectivity index (χ4v) is 3.35. The van der Waals surface area contributed by atoms with Crippen LogP contribution in [0.2, 0.25) is 5.02 Å². The summed E-state index contributed by atoms with van der Waals surface area (Å²) in [6.07, 6.45) is 0. The van der Waals surface area contributed by atoms with E-state index in [1.807, 2.05) is 12.1 Å². The van der Waals surface area contributed by atoms with Gasteiger partial charge >= 0.3 is 0 Å². The molecule has 6 heteroatoms. The van der Waals surface area contributed by atoms with Gasteiger partial charge in [-0.05, 0) is 31.5 Å². The largest absolute Gasteiger partial charge is 0.486 e. The Morgan fingerprint density at radius 2 is 1.87 bits per heavy atom. The third-order valence-electron chi connectivity index (χ3n) is 4.41. The number of fused-ring (bicyclic) bond motifs is 1. The molecule has 0 atom stereocenters. The molecule has 1 aromatic rings. The molecule has 1 fully saturated rings. The zero-order chi connectivity index (χ0) is 16.3. The lowest BCUT2D eigenvalue weighted by atomic mass is 10.0. The number of halogens is 1. The Hall–Kier alpha value is -1.01. The fraction of sp³-hybridized carbons (Fsp3) is 0.647. The smallest absolute Gasteiger partial charge is 0.179 e. The summed E-state index contributed by atoms with van der Waals surface area (Å²) in [5.41, 5.74) is 1.21. The van der Waals surface area contributed by atoms with Crippen LogP contribution in [0.15, 0.2) is 12.1 Å². The third-order valence-corrected chi connectivity index (χ3v) is 4.69. The van der Waals surface area contributed by atoms with Crippen molar-refractivity contribution >= 4 is 11.6 Å². The van der Waals surface area contributed by atoms with Crippen molar-refractivity contribution in [2.45, 2.75) is 25.9 Å². The quantitative estimate of drug-likeness (QED) is 0.891. The summed E-state index contributed by atoms with van der Waals surface area (Å²) < 4.78 is 16.6. The Morgan fingerprint density at radius 3 is 2.65 bits per heavy atom. The maximum Gasteiger partial charge on any atom is 0.179 e. The van der Waals surface area contributed by atoms with Crippen molar-refractivity contribution in [3.05, 3.63) is 22.7 Å². The molecule has 0 unspecified atom stereocenters. The molecule has 2 aliphatic rings. The molecule has 1 aromatic carbocycles. The summed E-state index contributed by atoms with van der Waals surface area (Å²) in [5.74, 6) is 1.41. The lowest BCUT2D eigenvalue weighted by molar-refractivity contribution is -0.00967. The van der Waals surface area contributed by atoms with Gasteiger partial charge in [0.25, 0.3) is 0 Å². The number of hydrogen-bond donors (Lipinski definition) is 1. The Balaban J connectivity index is 1.57. The Labute approximate surface area is 142 Å². The first-order valence-electron chi connectivity index (χ1n) is 8.18. The van der Waals surface area contributed by atoms with Crippen molar-refractivity contribution in [3.63, 3.8) is 0 Å². The highest BCUT2D eigenvalue weighted by Gasteiger charge is 2.27. The van der Waals surface area contributed by atoms with Gasteiger partial charge in [0.05, 0.1) is 18.2 Å². The second-order valence-electron chi connectivity index (χ2n) is 6.62. The van der Waals surface area contributed by atoms with E-state index in [0.29, 0.717) is 24.0 Å². The van der Waals surface area contributed by atoms with Crippen LogP contribution in [-0.2, 0) is 11.3 Å². The monoisotopic (exact) mass is 340 g/mol. The number of benzene rings is 1. The topological polar surface area (TPSA) is 43.0 Å². The van der Waals surface area contributed by atoms with E-state index in [2.05, 4.69) is 24.1 Å². The minimum Gasteiger partial charge on any atom is -0.486 e. The highest BCUT2D eigenvalue weighted by Crippen LogP contribution is 2.38. The average molecular weight is 341 g/mol. The van der Waals surface area contributed by atoms with Crippen LogP contribution in [0.1, 0.15) is 19.4 Å². The van der Waals surface area contributed by atoms with Gasteiger partial charge in [0.2, 0.25) is 0 Å². The minimum absolute atomic E-state index is 0.0986. The zero-order valence-corrected chi connectivity index (χ0v) is 14.6. The zero-order valence-electron chi connectivity index (χ0n) is 13.9. The maximum absolute atomic E-state index is 6.28. The second-order valence-corrected chi connectivity index (χ2v) is 7.02. The molecule has 0 aromatic heterocycles. The van der Waals surface area contributed by atoms with Crippen molar-refractivity contribution in [1.29, 1.82) is 0 Å². The molecular formula is C17H25ClN2O3. The predicted octanol–water partition coefficient (Wildman–Crippen LogP) is 2.31. The van der Waals surface area contributed by atoms with Gasteiger partial charge < -0.3 is 19.5 Å². The highest BCUT2D eigenvalue weighted by atomic mass is 35.5. The molecule has 0 aliphatic carbocycles. The highest BCUT2D eigenvalue weighted by molar-refractivity contribution is 6.32. The number of rotatable bonds is 5. The van der Waals surface area contributed by atoms with Crippen LogP contribution in [0.3, 0.4) is 0 Å². The maximum atomic E-state index is 6.28. The Morgan fingerprint density at radius 1 is 1.13 bits per heavy atom. The fourth-order valence-electron chi connectivity index (χ4n) is 3.06. The van der Waals surface area contributed by atoms with E-state index in [1.165, 1.54) is 0 Å². The summed E-state index contributed by atoms with van der Waals surface area (Å²) in [6, 6.07) is 3.96. The molecule has 23 heavy (non-hydrogen) atoms. The molecule has 5 nitrogen and oxygen atoms in total. The minimum atomic E-state index is 0.0986. The van der Waals surface area contributed by atoms with E-state index in [1.54, 1.807) is 0 Å². The second kappa shape index (κ2) is 7.26. The molecule has 0 radical (unpaired) electrons. The SMILES string of the molecule is CC(C)(CNCc1cc(Cl)c2c(c1)OCCO2)N1CCOCC1. The molecule has 0 spiro atoms. The van der Waals surface area contributed by atoms with Gasteiger partial charge in [-0.15, -0.1) is 0 Å². The molecule has 2 aliphatic heterocycles. The Kier molecular flexibility index (Phi) is 5.31. The van der Waals surface area contributed by atoms with Crippen molar-refractivity contribution < 1.29 is 14.2 Å². The van der Waals surface area contributed by atoms with Gasteiger partial charge in [-0.3, -0.25) is 4.90 Å². The van der Waals surface area contributed by atoms with Gasteiger partial charge in [0.15, 0.2) is 11.5 Å². The number of morpholine rings is 1. The first-order valence-corrected chi connectivity index (χ1v) is 8.55. The van der Waals surface area contributed by atoms with Gasteiger partial charge in [0.1, 0.15) is 13.2 Å². The number of nitrogens with zero attached hydrogens (tertiary/aromatic N) is 1. The molecule has 2 heterocycles. The van der Waals surface area contributed by atoms with Gasteiger partial charge in [-0.1, -0.05) is 11.6 Å². The van der Waals surface area contributed by atoms with Crippen molar-refractivity contribution in [1.82, 2.24) is 10.2 Å². The van der Waals surface area contributed by atoms with Crippen LogP contribution in [0.4, 0.5) is 0 Å². The van der Waals surface area contributed by atoms with Gasteiger partial charge in [-0.25, -0.2) is 0 Å². The van der Waals surface area contributed by atoms with Crippen LogP contribution in [0.5, 0.6) is 11.5 Å². The molecule has 3 rings (SSSR count). The van der Waals surface area contributed by atoms with Crippen molar-refractivity contribution in [3.8, 4) is 11.5 Å². The third kappa shape index (κ3) is 4.10. The Bertz CT molecular complexity index is 545. The molecule has 1 N–H and O–H groups in total. The van der Waals surface area contributed by atoms with E-state index in [-0.39, 0.29) is 5.54 Å². The summed E-state index contributed by atoms with van der Waals surface area (Å²) in [6.45, 7) is 10.9. The molecule has 1 saturated heterocycles. The van der Waals surface area contributed by atoms with Gasteiger partial charge in [0, 0.05) is 31.7 Å². The average Bonchev–Trinajstić information content (AvgIpc) is 2.56. The molecule has 0 amide bonds. The van der Waals surface area contributed by atoms with Crippen LogP contribution >= 0.6 is 11.6 Å². The summed E-state index contributed by atoms with van der Waals surface area (Å²) in [4.78, 5) is 2.47. The molecular weight excluding hydrogens is 316 g/mol.